The third-order valence-corrected chi connectivity index (χ3v) is 2.92. The fourth-order valence-electron chi connectivity index (χ4n) is 1.68. The van der Waals surface area contributed by atoms with Crippen LogP contribution in [0, 0.1) is 6.92 Å². The first-order valence-electron chi connectivity index (χ1n) is 5.10. The molecule has 2 heteroatoms. The van der Waals surface area contributed by atoms with E-state index in [1.807, 2.05) is 19.1 Å². The molecule has 0 aromatic heterocycles. The predicted octanol–water partition coefficient (Wildman–Crippen LogP) is 2.16. The second kappa shape index (κ2) is 3.28. The van der Waals surface area contributed by atoms with Crippen molar-refractivity contribution in [2.24, 2.45) is 0 Å². The molecule has 0 bridgehead atoms. The van der Waals surface area contributed by atoms with Gasteiger partial charge in [0, 0.05) is 0 Å². The van der Waals surface area contributed by atoms with Crippen molar-refractivity contribution in [3.63, 3.8) is 0 Å². The maximum Gasteiger partial charge on any atom is 0.118 e. The zero-order chi connectivity index (χ0) is 10.2. The Bertz CT molecular complexity index is 340. The third-order valence-electron chi connectivity index (χ3n) is 2.92. The van der Waals surface area contributed by atoms with E-state index in [-0.39, 0.29) is 0 Å². The van der Waals surface area contributed by atoms with Gasteiger partial charge in [0.05, 0.1) is 5.60 Å². The van der Waals surface area contributed by atoms with Crippen molar-refractivity contribution in [2.45, 2.75) is 38.2 Å². The van der Waals surface area contributed by atoms with Gasteiger partial charge in [-0.15, -0.1) is 0 Å². The molecule has 2 N–H and O–H groups in total. The Hall–Kier alpha value is -1.02. The summed E-state index contributed by atoms with van der Waals surface area (Å²) in [6, 6.07) is 5.60. The van der Waals surface area contributed by atoms with Gasteiger partial charge in [0.1, 0.15) is 5.75 Å². The molecule has 1 fully saturated rings. The van der Waals surface area contributed by atoms with Gasteiger partial charge >= 0.3 is 0 Å². The van der Waals surface area contributed by atoms with E-state index in [1.165, 1.54) is 0 Å². The van der Waals surface area contributed by atoms with Crippen LogP contribution in [-0.4, -0.2) is 15.8 Å². The molecule has 0 aliphatic heterocycles. The van der Waals surface area contributed by atoms with E-state index in [0.717, 1.165) is 36.8 Å². The van der Waals surface area contributed by atoms with E-state index in [9.17, 15) is 10.2 Å². The smallest absolute Gasteiger partial charge is 0.118 e. The van der Waals surface area contributed by atoms with Gasteiger partial charge in [-0.2, -0.15) is 0 Å². The van der Waals surface area contributed by atoms with Crippen LogP contribution in [0.5, 0.6) is 5.75 Å². The largest absolute Gasteiger partial charge is 0.508 e. The van der Waals surface area contributed by atoms with Crippen molar-refractivity contribution in [1.82, 2.24) is 0 Å². The summed E-state index contributed by atoms with van der Waals surface area (Å²) in [5.74, 6) is 0.347. The zero-order valence-electron chi connectivity index (χ0n) is 8.45. The Balaban J connectivity index is 2.04. The molecule has 1 aliphatic rings. The average molecular weight is 192 g/mol. The Kier molecular flexibility index (Phi) is 2.23. The third kappa shape index (κ3) is 2.07. The molecule has 2 rings (SSSR count). The number of aryl methyl sites for hydroxylation is 2. The van der Waals surface area contributed by atoms with Crippen LogP contribution in [0.2, 0.25) is 0 Å². The molecule has 1 aromatic carbocycles. The minimum Gasteiger partial charge on any atom is -0.508 e. The van der Waals surface area contributed by atoms with Crippen molar-refractivity contribution in [3.05, 3.63) is 29.3 Å². The fourth-order valence-corrected chi connectivity index (χ4v) is 1.68. The van der Waals surface area contributed by atoms with Crippen LogP contribution >= 0.6 is 0 Å². The highest BCUT2D eigenvalue weighted by molar-refractivity contribution is 5.35. The Morgan fingerprint density at radius 2 is 2.07 bits per heavy atom. The SMILES string of the molecule is Cc1ccc(O)c(CCC2(O)CC2)c1. The molecule has 0 radical (unpaired) electrons. The minimum absolute atomic E-state index is 0.347. The first kappa shape index (κ1) is 9.53. The second-order valence-corrected chi connectivity index (χ2v) is 4.36. The molecule has 14 heavy (non-hydrogen) atoms. The molecule has 0 amide bonds. The Morgan fingerprint density at radius 1 is 1.36 bits per heavy atom. The number of phenols is 1. The van der Waals surface area contributed by atoms with Gasteiger partial charge in [0.15, 0.2) is 0 Å². The van der Waals surface area contributed by atoms with Crippen LogP contribution < -0.4 is 0 Å². The molecule has 0 unspecified atom stereocenters. The highest BCUT2D eigenvalue weighted by Gasteiger charge is 2.39. The van der Waals surface area contributed by atoms with Crippen LogP contribution in [0.4, 0.5) is 0 Å². The fraction of sp³-hybridized carbons (Fsp3) is 0.500. The van der Waals surface area contributed by atoms with Crippen LogP contribution in [0.25, 0.3) is 0 Å². The molecule has 1 aromatic rings. The molecular formula is C12H16O2. The lowest BCUT2D eigenvalue weighted by Crippen LogP contribution is -2.07. The monoisotopic (exact) mass is 192 g/mol. The highest BCUT2D eigenvalue weighted by Crippen LogP contribution is 2.39. The van der Waals surface area contributed by atoms with E-state index in [1.54, 1.807) is 6.07 Å². The second-order valence-electron chi connectivity index (χ2n) is 4.36. The van der Waals surface area contributed by atoms with Crippen LogP contribution in [-0.2, 0) is 6.42 Å². The average Bonchev–Trinajstić information content (AvgIpc) is 2.87. The summed E-state index contributed by atoms with van der Waals surface area (Å²) in [7, 11) is 0. The number of phenolic OH excluding ortho intramolecular Hbond substituents is 1. The number of hydrogen-bond acceptors (Lipinski definition) is 2. The van der Waals surface area contributed by atoms with E-state index in [2.05, 4.69) is 0 Å². The summed E-state index contributed by atoms with van der Waals surface area (Å²) in [4.78, 5) is 0. The highest BCUT2D eigenvalue weighted by atomic mass is 16.3. The number of aromatic hydroxyl groups is 1. The van der Waals surface area contributed by atoms with E-state index in [0.29, 0.717) is 5.75 Å². The van der Waals surface area contributed by atoms with E-state index in [4.69, 9.17) is 0 Å². The van der Waals surface area contributed by atoms with E-state index < -0.39 is 5.60 Å². The quantitative estimate of drug-likeness (QED) is 0.770. The molecule has 76 valence electrons. The molecule has 0 atom stereocenters. The predicted molar refractivity (Wildman–Crippen MR) is 55.3 cm³/mol. The molecule has 1 aliphatic carbocycles. The Morgan fingerprint density at radius 3 is 2.71 bits per heavy atom. The summed E-state index contributed by atoms with van der Waals surface area (Å²) in [5, 5.41) is 19.2. The minimum atomic E-state index is -0.420. The summed E-state index contributed by atoms with van der Waals surface area (Å²) >= 11 is 0. The number of aliphatic hydroxyl groups is 1. The van der Waals surface area contributed by atoms with Gasteiger partial charge in [0.2, 0.25) is 0 Å². The topological polar surface area (TPSA) is 40.5 Å². The molecule has 0 spiro atoms. The first-order chi connectivity index (χ1) is 6.59. The molecule has 0 saturated heterocycles. The standard InChI is InChI=1S/C12H16O2/c1-9-2-3-11(13)10(8-9)4-5-12(14)6-7-12/h2-3,8,13-14H,4-7H2,1H3. The van der Waals surface area contributed by atoms with Crippen molar-refractivity contribution < 1.29 is 10.2 Å². The number of rotatable bonds is 3. The Labute approximate surface area is 84.2 Å². The van der Waals surface area contributed by atoms with Gasteiger partial charge in [-0.3, -0.25) is 0 Å². The lowest BCUT2D eigenvalue weighted by molar-refractivity contribution is 0.140. The summed E-state index contributed by atoms with van der Waals surface area (Å²) < 4.78 is 0. The number of benzene rings is 1. The lowest BCUT2D eigenvalue weighted by atomic mass is 10.0. The van der Waals surface area contributed by atoms with Crippen LogP contribution in [0.1, 0.15) is 30.4 Å². The summed E-state index contributed by atoms with van der Waals surface area (Å²) in [6.45, 7) is 2.01. The van der Waals surface area contributed by atoms with Crippen molar-refractivity contribution in [1.29, 1.82) is 0 Å². The maximum atomic E-state index is 9.67. The van der Waals surface area contributed by atoms with Crippen LogP contribution in [0.15, 0.2) is 18.2 Å². The number of hydrogen-bond donors (Lipinski definition) is 2. The lowest BCUT2D eigenvalue weighted by Gasteiger charge is -2.09. The molecular weight excluding hydrogens is 176 g/mol. The van der Waals surface area contributed by atoms with Gasteiger partial charge in [-0.05, 0) is 44.2 Å². The molecule has 2 nitrogen and oxygen atoms in total. The molecule has 0 heterocycles. The molecule has 1 saturated carbocycles. The normalized spacial score (nSPS) is 18.1. The zero-order valence-corrected chi connectivity index (χ0v) is 8.45. The van der Waals surface area contributed by atoms with Crippen LogP contribution in [0.3, 0.4) is 0 Å². The maximum absolute atomic E-state index is 9.67. The van der Waals surface area contributed by atoms with Crippen molar-refractivity contribution >= 4 is 0 Å². The van der Waals surface area contributed by atoms with Crippen molar-refractivity contribution in [2.75, 3.05) is 0 Å². The first-order valence-corrected chi connectivity index (χ1v) is 5.10. The van der Waals surface area contributed by atoms with Gasteiger partial charge < -0.3 is 10.2 Å². The van der Waals surface area contributed by atoms with E-state index >= 15 is 0 Å². The van der Waals surface area contributed by atoms with Gasteiger partial charge in [-0.1, -0.05) is 17.7 Å². The summed E-state index contributed by atoms with van der Waals surface area (Å²) in [5.41, 5.74) is 1.68. The van der Waals surface area contributed by atoms with Gasteiger partial charge in [0.25, 0.3) is 0 Å². The van der Waals surface area contributed by atoms with Crippen molar-refractivity contribution in [3.8, 4) is 5.75 Å². The van der Waals surface area contributed by atoms with Gasteiger partial charge in [-0.25, -0.2) is 0 Å². The summed E-state index contributed by atoms with van der Waals surface area (Å²) in [6.07, 6.45) is 3.37.